The number of carbonyl (C=O) groups excluding carboxylic acids is 1. The van der Waals surface area contributed by atoms with Gasteiger partial charge in [-0.25, -0.2) is 4.79 Å². The molecule has 0 saturated carbocycles. The molecule has 0 fully saturated rings. The highest BCUT2D eigenvalue weighted by atomic mass is 16.5. The van der Waals surface area contributed by atoms with Gasteiger partial charge in [0.25, 0.3) is 5.91 Å². The summed E-state index contributed by atoms with van der Waals surface area (Å²) < 4.78 is 5.69. The second-order valence-corrected chi connectivity index (χ2v) is 6.74. The van der Waals surface area contributed by atoms with E-state index in [0.29, 0.717) is 5.75 Å². The lowest BCUT2D eigenvalue weighted by Gasteiger charge is -2.19. The van der Waals surface area contributed by atoms with Crippen LogP contribution in [-0.4, -0.2) is 29.1 Å². The van der Waals surface area contributed by atoms with Gasteiger partial charge in [-0.3, -0.25) is 4.79 Å². The van der Waals surface area contributed by atoms with E-state index in [9.17, 15) is 14.7 Å². The molecule has 5 heteroatoms. The first-order valence-corrected chi connectivity index (χ1v) is 9.42. The molecule has 0 spiro atoms. The smallest absolute Gasteiger partial charge is 0.326 e. The summed E-state index contributed by atoms with van der Waals surface area (Å²) in [7, 11) is 0. The van der Waals surface area contributed by atoms with Crippen LogP contribution >= 0.6 is 0 Å². The first-order valence-electron chi connectivity index (χ1n) is 9.42. The van der Waals surface area contributed by atoms with Crippen molar-refractivity contribution in [2.24, 2.45) is 0 Å². The van der Waals surface area contributed by atoms with Crippen LogP contribution in [-0.2, 0) is 16.0 Å². The third-order valence-electron chi connectivity index (χ3n) is 4.54. The van der Waals surface area contributed by atoms with E-state index in [1.165, 1.54) is 0 Å². The molecule has 0 bridgehead atoms. The van der Waals surface area contributed by atoms with Gasteiger partial charge in [-0.2, -0.15) is 0 Å². The number of aliphatic carboxylic acids is 1. The molecule has 29 heavy (non-hydrogen) atoms. The minimum atomic E-state index is -1.08. The van der Waals surface area contributed by atoms with Crippen molar-refractivity contribution < 1.29 is 19.4 Å². The van der Waals surface area contributed by atoms with Crippen LogP contribution in [0.15, 0.2) is 84.9 Å². The van der Waals surface area contributed by atoms with Gasteiger partial charge >= 0.3 is 5.97 Å². The van der Waals surface area contributed by atoms with Gasteiger partial charge < -0.3 is 15.2 Å². The van der Waals surface area contributed by atoms with Crippen molar-refractivity contribution in [2.75, 3.05) is 0 Å². The van der Waals surface area contributed by atoms with Crippen LogP contribution in [0.2, 0.25) is 0 Å². The molecule has 2 atom stereocenters. The Morgan fingerprint density at radius 3 is 2.00 bits per heavy atom. The summed E-state index contributed by atoms with van der Waals surface area (Å²) >= 11 is 0. The number of amides is 1. The van der Waals surface area contributed by atoms with Gasteiger partial charge in [0.1, 0.15) is 11.8 Å². The fraction of sp³-hybridized carbons (Fsp3) is 0.167. The minimum Gasteiger partial charge on any atom is -0.481 e. The monoisotopic (exact) mass is 389 g/mol. The lowest BCUT2D eigenvalue weighted by atomic mass is 10.1. The normalized spacial score (nSPS) is 12.6. The molecule has 3 aromatic rings. The average Bonchev–Trinajstić information content (AvgIpc) is 2.75. The Morgan fingerprint density at radius 1 is 0.862 bits per heavy atom. The second kappa shape index (κ2) is 9.55. The molecule has 0 heterocycles. The summed E-state index contributed by atoms with van der Waals surface area (Å²) in [6.07, 6.45) is -0.615. The Balaban J connectivity index is 1.59. The van der Waals surface area contributed by atoms with Gasteiger partial charge in [-0.05, 0) is 35.7 Å². The van der Waals surface area contributed by atoms with Gasteiger partial charge in [0.05, 0.1) is 0 Å². The zero-order valence-electron chi connectivity index (χ0n) is 16.1. The van der Waals surface area contributed by atoms with Crippen LogP contribution in [0.3, 0.4) is 0 Å². The van der Waals surface area contributed by atoms with Crippen molar-refractivity contribution in [3.8, 4) is 16.9 Å². The molecule has 2 N–H and O–H groups in total. The lowest BCUT2D eigenvalue weighted by molar-refractivity contribution is -0.142. The van der Waals surface area contributed by atoms with Gasteiger partial charge in [0, 0.05) is 6.42 Å². The third-order valence-corrected chi connectivity index (χ3v) is 4.54. The SMILES string of the molecule is CC(Oc1ccc(-c2ccccc2)cc1)C(=O)NC(Cc1ccccc1)C(=O)O. The first-order chi connectivity index (χ1) is 14.0. The maximum atomic E-state index is 12.4. The number of rotatable bonds is 8. The molecule has 0 aliphatic carbocycles. The molecule has 0 aliphatic heterocycles. The molecule has 148 valence electrons. The van der Waals surface area contributed by atoms with E-state index < -0.39 is 24.0 Å². The largest absolute Gasteiger partial charge is 0.481 e. The third kappa shape index (κ3) is 5.69. The molecular formula is C24H23NO4. The van der Waals surface area contributed by atoms with Crippen LogP contribution in [0.25, 0.3) is 11.1 Å². The van der Waals surface area contributed by atoms with E-state index in [1.807, 2.05) is 72.8 Å². The molecule has 0 saturated heterocycles. The molecule has 0 radical (unpaired) electrons. The summed E-state index contributed by atoms with van der Waals surface area (Å²) in [6.45, 7) is 1.60. The van der Waals surface area contributed by atoms with Crippen molar-refractivity contribution in [1.29, 1.82) is 0 Å². The molecule has 3 aromatic carbocycles. The van der Waals surface area contributed by atoms with Crippen LogP contribution in [0.4, 0.5) is 0 Å². The summed E-state index contributed by atoms with van der Waals surface area (Å²) in [6, 6.07) is 25.5. The lowest BCUT2D eigenvalue weighted by Crippen LogP contribution is -2.47. The molecule has 2 unspecified atom stereocenters. The van der Waals surface area contributed by atoms with Gasteiger partial charge in [-0.1, -0.05) is 72.8 Å². The van der Waals surface area contributed by atoms with Crippen LogP contribution in [0.5, 0.6) is 5.75 Å². The highest BCUT2D eigenvalue weighted by Gasteiger charge is 2.24. The molecule has 0 aromatic heterocycles. The Hall–Kier alpha value is -3.60. The van der Waals surface area contributed by atoms with Gasteiger partial charge in [0.2, 0.25) is 0 Å². The number of carbonyl (C=O) groups is 2. The number of benzene rings is 3. The predicted octanol–water partition coefficient (Wildman–Crippen LogP) is 3.93. The predicted molar refractivity (Wildman–Crippen MR) is 112 cm³/mol. The molecule has 0 aliphatic rings. The summed E-state index contributed by atoms with van der Waals surface area (Å²) in [4.78, 5) is 24.0. The molecule has 3 rings (SSSR count). The number of ether oxygens (including phenoxy) is 1. The zero-order chi connectivity index (χ0) is 20.6. The topological polar surface area (TPSA) is 75.6 Å². The Bertz CT molecular complexity index is 940. The van der Waals surface area contributed by atoms with Crippen LogP contribution in [0, 0.1) is 0 Å². The van der Waals surface area contributed by atoms with E-state index in [0.717, 1.165) is 16.7 Å². The van der Waals surface area contributed by atoms with Gasteiger partial charge in [-0.15, -0.1) is 0 Å². The maximum Gasteiger partial charge on any atom is 0.326 e. The summed E-state index contributed by atoms with van der Waals surface area (Å²) in [5.74, 6) is -1.01. The van der Waals surface area contributed by atoms with Crippen molar-refractivity contribution in [3.05, 3.63) is 90.5 Å². The van der Waals surface area contributed by atoms with Crippen LogP contribution < -0.4 is 10.1 Å². The average molecular weight is 389 g/mol. The van der Waals surface area contributed by atoms with E-state index in [2.05, 4.69) is 5.32 Å². The first kappa shape index (κ1) is 20.1. The fourth-order valence-electron chi connectivity index (χ4n) is 2.95. The number of carboxylic acids is 1. The van der Waals surface area contributed by atoms with Crippen molar-refractivity contribution in [1.82, 2.24) is 5.32 Å². The fourth-order valence-corrected chi connectivity index (χ4v) is 2.95. The number of nitrogens with one attached hydrogen (secondary N) is 1. The molecule has 5 nitrogen and oxygen atoms in total. The van der Waals surface area contributed by atoms with E-state index in [4.69, 9.17) is 4.74 Å². The number of hydrogen-bond donors (Lipinski definition) is 2. The van der Waals surface area contributed by atoms with E-state index in [1.54, 1.807) is 19.1 Å². The van der Waals surface area contributed by atoms with E-state index in [-0.39, 0.29) is 6.42 Å². The highest BCUT2D eigenvalue weighted by molar-refractivity contribution is 5.86. The van der Waals surface area contributed by atoms with Crippen molar-refractivity contribution >= 4 is 11.9 Å². The second-order valence-electron chi connectivity index (χ2n) is 6.74. The Kier molecular flexibility index (Phi) is 6.63. The molecule has 1 amide bonds. The van der Waals surface area contributed by atoms with Crippen molar-refractivity contribution in [3.63, 3.8) is 0 Å². The quantitative estimate of drug-likeness (QED) is 0.612. The highest BCUT2D eigenvalue weighted by Crippen LogP contribution is 2.22. The number of carboxylic acid groups (broad SMARTS) is 1. The zero-order valence-corrected chi connectivity index (χ0v) is 16.1. The number of hydrogen-bond acceptors (Lipinski definition) is 3. The minimum absolute atomic E-state index is 0.209. The van der Waals surface area contributed by atoms with E-state index >= 15 is 0 Å². The van der Waals surface area contributed by atoms with Crippen molar-refractivity contribution in [2.45, 2.75) is 25.5 Å². The van der Waals surface area contributed by atoms with Crippen LogP contribution in [0.1, 0.15) is 12.5 Å². The Labute approximate surface area is 170 Å². The summed E-state index contributed by atoms with van der Waals surface area (Å²) in [5.41, 5.74) is 2.98. The Morgan fingerprint density at radius 2 is 1.41 bits per heavy atom. The summed E-state index contributed by atoms with van der Waals surface area (Å²) in [5, 5.41) is 12.0. The maximum absolute atomic E-state index is 12.4. The standard InChI is InChI=1S/C24H23NO4/c1-17(23(26)25-22(24(27)28)16-18-8-4-2-5-9-18)29-21-14-12-20(13-15-21)19-10-6-3-7-11-19/h2-15,17,22H,16H2,1H3,(H,25,26)(H,27,28). The van der Waals surface area contributed by atoms with Gasteiger partial charge in [0.15, 0.2) is 6.10 Å². The molecular weight excluding hydrogens is 366 g/mol.